The van der Waals surface area contributed by atoms with E-state index in [0.717, 1.165) is 12.5 Å². The van der Waals surface area contributed by atoms with E-state index in [0.29, 0.717) is 12.2 Å². The third-order valence-corrected chi connectivity index (χ3v) is 6.50. The molecule has 0 fully saturated rings. The molecule has 0 saturated heterocycles. The van der Waals surface area contributed by atoms with Gasteiger partial charge in [0.15, 0.2) is 0 Å². The maximum atomic E-state index is 11.7. The maximum Gasteiger partial charge on any atom is 0.338 e. The van der Waals surface area contributed by atoms with E-state index in [1.807, 2.05) is 12.6 Å². The van der Waals surface area contributed by atoms with Gasteiger partial charge >= 0.3 is 14.5 Å². The topological polar surface area (TPSA) is 74.2 Å². The highest BCUT2D eigenvalue weighted by Gasteiger charge is 2.27. The second kappa shape index (κ2) is 10.5. The lowest BCUT2D eigenvalue weighted by Crippen LogP contribution is -2.36. The van der Waals surface area contributed by atoms with E-state index in [1.165, 1.54) is 0 Å². The number of carbonyl (C=O) groups excluding carboxylic acids is 1. The molecule has 6 nitrogen and oxygen atoms in total. The smallest absolute Gasteiger partial charge is 0.338 e. The van der Waals surface area contributed by atoms with Crippen LogP contribution < -0.4 is 0 Å². The van der Waals surface area contributed by atoms with Crippen LogP contribution in [-0.2, 0) is 18.3 Å². The summed E-state index contributed by atoms with van der Waals surface area (Å²) < 4.78 is 21.2. The zero-order valence-electron chi connectivity index (χ0n) is 14.0. The monoisotopic (exact) mass is 342 g/mol. The minimum atomic E-state index is -2.05. The third-order valence-electron chi connectivity index (χ3n) is 3.51. The molecule has 0 aliphatic rings. The summed E-state index contributed by atoms with van der Waals surface area (Å²) in [5, 5.41) is 9.75. The quantitative estimate of drug-likeness (QED) is 0.376. The number of aliphatic hydroxyl groups excluding tert-OH is 1. The molecule has 1 unspecified atom stereocenters. The number of benzene rings is 1. The highest BCUT2D eigenvalue weighted by atomic mass is 28.4. The largest absolute Gasteiger partial charge is 0.459 e. The van der Waals surface area contributed by atoms with Gasteiger partial charge in [0.05, 0.1) is 12.2 Å². The zero-order valence-corrected chi connectivity index (χ0v) is 15.0. The van der Waals surface area contributed by atoms with Crippen LogP contribution >= 0.6 is 0 Å². The van der Waals surface area contributed by atoms with Crippen LogP contribution in [0, 0.1) is 0 Å². The van der Waals surface area contributed by atoms with Gasteiger partial charge in [0.2, 0.25) is 0 Å². The Kier molecular flexibility index (Phi) is 9.04. The van der Waals surface area contributed by atoms with Gasteiger partial charge in [-0.05, 0) is 31.1 Å². The fraction of sp³-hybridized carbons (Fsp3) is 0.562. The third kappa shape index (κ3) is 7.71. The number of hydrogen-bond donors (Lipinski definition) is 1. The molecule has 0 amide bonds. The normalized spacial score (nSPS) is 12.9. The Balaban J connectivity index is 2.13. The molecule has 1 aromatic carbocycles. The van der Waals surface area contributed by atoms with Crippen LogP contribution in [0.5, 0.6) is 0 Å². The van der Waals surface area contributed by atoms with Crippen LogP contribution in [0.2, 0.25) is 12.6 Å². The molecule has 0 bridgehead atoms. The number of aliphatic hydroxyl groups is 1. The Morgan fingerprint density at radius 1 is 1.17 bits per heavy atom. The molecule has 0 aliphatic carbocycles. The van der Waals surface area contributed by atoms with Gasteiger partial charge in [-0.3, -0.25) is 0 Å². The van der Waals surface area contributed by atoms with Crippen molar-refractivity contribution in [2.24, 2.45) is 0 Å². The van der Waals surface area contributed by atoms with Gasteiger partial charge in [0.25, 0.3) is 0 Å². The minimum Gasteiger partial charge on any atom is -0.459 e. The first-order valence-electron chi connectivity index (χ1n) is 7.59. The average molecular weight is 342 g/mol. The van der Waals surface area contributed by atoms with Crippen molar-refractivity contribution >= 4 is 14.5 Å². The Morgan fingerprint density at radius 2 is 1.83 bits per heavy atom. The summed E-state index contributed by atoms with van der Waals surface area (Å²) in [6, 6.07) is 9.48. The van der Waals surface area contributed by atoms with Crippen molar-refractivity contribution in [3.05, 3.63) is 35.9 Å². The summed E-state index contributed by atoms with van der Waals surface area (Å²) in [5.74, 6) is -0.452. The predicted octanol–water partition coefficient (Wildman–Crippen LogP) is 1.98. The number of ether oxygens (including phenoxy) is 2. The number of esters is 1. The fourth-order valence-corrected chi connectivity index (χ4v) is 3.24. The van der Waals surface area contributed by atoms with Gasteiger partial charge in [-0.2, -0.15) is 0 Å². The summed E-state index contributed by atoms with van der Waals surface area (Å²) in [5.41, 5.74) is 0.462. The molecule has 0 heterocycles. The molecule has 0 aromatic heterocycles. The lowest BCUT2D eigenvalue weighted by atomic mass is 10.2. The van der Waals surface area contributed by atoms with Crippen molar-refractivity contribution in [2.45, 2.75) is 25.1 Å². The van der Waals surface area contributed by atoms with Crippen molar-refractivity contribution in [1.29, 1.82) is 0 Å². The van der Waals surface area contributed by atoms with E-state index in [1.54, 1.807) is 38.5 Å². The first-order chi connectivity index (χ1) is 11.0. The van der Waals surface area contributed by atoms with E-state index in [-0.39, 0.29) is 13.2 Å². The second-order valence-corrected chi connectivity index (χ2v) is 8.92. The molecule has 1 aromatic rings. The summed E-state index contributed by atoms with van der Waals surface area (Å²) in [7, 11) is 1.25. The van der Waals surface area contributed by atoms with Crippen molar-refractivity contribution < 1.29 is 28.2 Å². The van der Waals surface area contributed by atoms with Gasteiger partial charge in [-0.1, -0.05) is 18.2 Å². The SMILES string of the molecule is CO[Si](C)(CCCOCC(O)COC(=O)c1ccccc1)OC. The lowest BCUT2D eigenvalue weighted by molar-refractivity contribution is -0.0109. The Labute approximate surface area is 138 Å². The molecule has 23 heavy (non-hydrogen) atoms. The fourth-order valence-electron chi connectivity index (χ4n) is 1.88. The molecule has 130 valence electrons. The molecule has 7 heteroatoms. The van der Waals surface area contributed by atoms with Gasteiger partial charge in [0.1, 0.15) is 12.7 Å². The average Bonchev–Trinajstić information content (AvgIpc) is 2.59. The van der Waals surface area contributed by atoms with Gasteiger partial charge in [0, 0.05) is 20.8 Å². The molecule has 0 radical (unpaired) electrons. The number of hydrogen-bond acceptors (Lipinski definition) is 6. The molecular formula is C16H26O6Si. The van der Waals surface area contributed by atoms with Gasteiger partial charge in [-0.25, -0.2) is 4.79 Å². The van der Waals surface area contributed by atoms with Crippen LogP contribution in [0.15, 0.2) is 30.3 Å². The predicted molar refractivity (Wildman–Crippen MR) is 88.6 cm³/mol. The van der Waals surface area contributed by atoms with Crippen molar-refractivity contribution in [2.75, 3.05) is 34.0 Å². The van der Waals surface area contributed by atoms with E-state index in [2.05, 4.69) is 0 Å². The standard InChI is InChI=1S/C16H26O6Si/c1-19-23(3,20-2)11-7-10-21-12-15(17)13-22-16(18)14-8-5-4-6-9-14/h4-6,8-9,15,17H,7,10-13H2,1-3H3. The van der Waals surface area contributed by atoms with Crippen molar-refractivity contribution in [3.63, 3.8) is 0 Å². The Morgan fingerprint density at radius 3 is 2.43 bits per heavy atom. The molecule has 1 atom stereocenters. The summed E-state index contributed by atoms with van der Waals surface area (Å²) in [4.78, 5) is 11.7. The first kappa shape index (κ1) is 19.8. The molecule has 0 saturated carbocycles. The minimum absolute atomic E-state index is 0.0870. The van der Waals surface area contributed by atoms with Crippen LogP contribution in [0.1, 0.15) is 16.8 Å². The summed E-state index contributed by atoms with van der Waals surface area (Å²) >= 11 is 0. The highest BCUT2D eigenvalue weighted by Crippen LogP contribution is 2.13. The molecule has 0 aliphatic heterocycles. The van der Waals surface area contributed by atoms with Gasteiger partial charge < -0.3 is 23.4 Å². The van der Waals surface area contributed by atoms with Crippen LogP contribution in [0.25, 0.3) is 0 Å². The summed E-state index contributed by atoms with van der Waals surface area (Å²) in [6.45, 7) is 2.53. The van der Waals surface area contributed by atoms with Gasteiger partial charge in [-0.15, -0.1) is 0 Å². The lowest BCUT2D eigenvalue weighted by Gasteiger charge is -2.22. The van der Waals surface area contributed by atoms with E-state index in [4.69, 9.17) is 18.3 Å². The van der Waals surface area contributed by atoms with Crippen LogP contribution in [0.4, 0.5) is 0 Å². The highest BCUT2D eigenvalue weighted by molar-refractivity contribution is 6.65. The molecule has 0 spiro atoms. The van der Waals surface area contributed by atoms with Crippen LogP contribution in [0.3, 0.4) is 0 Å². The van der Waals surface area contributed by atoms with E-state index in [9.17, 15) is 9.90 Å². The van der Waals surface area contributed by atoms with Crippen molar-refractivity contribution in [3.8, 4) is 0 Å². The number of rotatable bonds is 11. The number of carbonyl (C=O) groups is 1. The van der Waals surface area contributed by atoms with Crippen molar-refractivity contribution in [1.82, 2.24) is 0 Å². The molecule has 1 rings (SSSR count). The molecule has 1 N–H and O–H groups in total. The van der Waals surface area contributed by atoms with Crippen LogP contribution in [-0.4, -0.2) is 59.8 Å². The Hall–Kier alpha value is -1.25. The van der Waals surface area contributed by atoms with E-state index >= 15 is 0 Å². The Bertz CT molecular complexity index is 449. The molecular weight excluding hydrogens is 316 g/mol. The summed E-state index contributed by atoms with van der Waals surface area (Å²) in [6.07, 6.45) is -0.0443. The first-order valence-corrected chi connectivity index (χ1v) is 10.1. The second-order valence-electron chi connectivity index (χ2n) is 5.34. The van der Waals surface area contributed by atoms with E-state index < -0.39 is 20.6 Å². The zero-order chi connectivity index (χ0) is 17.1. The maximum absolute atomic E-state index is 11.7.